The van der Waals surface area contributed by atoms with E-state index in [-0.39, 0.29) is 17.6 Å². The Bertz CT molecular complexity index is 449. The van der Waals surface area contributed by atoms with Crippen LogP contribution in [0.2, 0.25) is 0 Å². The quantitative estimate of drug-likeness (QED) is 0.888. The molecule has 1 aromatic carbocycles. The summed E-state index contributed by atoms with van der Waals surface area (Å²) < 4.78 is 13.2. The summed E-state index contributed by atoms with van der Waals surface area (Å²) in [5.41, 5.74) is 1.97. The summed E-state index contributed by atoms with van der Waals surface area (Å²) in [6.07, 6.45) is 2.98. The Morgan fingerprint density at radius 1 is 1.50 bits per heavy atom. The molecule has 98 valence electrons. The molecule has 0 saturated heterocycles. The summed E-state index contributed by atoms with van der Waals surface area (Å²) >= 11 is 1.65. The minimum Gasteiger partial charge on any atom is -0.352 e. The van der Waals surface area contributed by atoms with Gasteiger partial charge in [0, 0.05) is 18.2 Å². The van der Waals surface area contributed by atoms with Crippen LogP contribution in [0.3, 0.4) is 0 Å². The molecule has 4 heteroatoms. The predicted octanol–water partition coefficient (Wildman–Crippen LogP) is 2.96. The standard InChI is InChI=1S/C14H18FNOS/c1-9-5-13(9)14(17)16-7-10-3-4-12(15)6-11(10)8-18-2/h3-4,6,9,13H,5,7-8H2,1-2H3,(H,16,17)/t9-,13-/m1/s1. The van der Waals surface area contributed by atoms with Gasteiger partial charge in [-0.3, -0.25) is 4.79 Å². The largest absolute Gasteiger partial charge is 0.352 e. The number of benzene rings is 1. The fourth-order valence-electron chi connectivity index (χ4n) is 2.06. The first kappa shape index (κ1) is 13.4. The number of nitrogens with one attached hydrogen (secondary N) is 1. The highest BCUT2D eigenvalue weighted by Crippen LogP contribution is 2.37. The van der Waals surface area contributed by atoms with Crippen molar-refractivity contribution in [3.05, 3.63) is 35.1 Å². The van der Waals surface area contributed by atoms with E-state index in [0.29, 0.717) is 12.5 Å². The first-order valence-corrected chi connectivity index (χ1v) is 7.55. The second-order valence-electron chi connectivity index (χ2n) is 4.88. The number of hydrogen-bond acceptors (Lipinski definition) is 2. The molecule has 0 radical (unpaired) electrons. The van der Waals surface area contributed by atoms with Gasteiger partial charge in [0.05, 0.1) is 0 Å². The van der Waals surface area contributed by atoms with Crippen molar-refractivity contribution < 1.29 is 9.18 Å². The first-order chi connectivity index (χ1) is 8.61. The van der Waals surface area contributed by atoms with Crippen molar-refractivity contribution in [1.82, 2.24) is 5.32 Å². The topological polar surface area (TPSA) is 29.1 Å². The lowest BCUT2D eigenvalue weighted by molar-refractivity contribution is -0.122. The van der Waals surface area contributed by atoms with Gasteiger partial charge >= 0.3 is 0 Å². The van der Waals surface area contributed by atoms with Gasteiger partial charge < -0.3 is 5.32 Å². The van der Waals surface area contributed by atoms with Crippen LogP contribution in [-0.4, -0.2) is 12.2 Å². The highest BCUT2D eigenvalue weighted by molar-refractivity contribution is 7.97. The summed E-state index contributed by atoms with van der Waals surface area (Å²) in [4.78, 5) is 11.7. The van der Waals surface area contributed by atoms with E-state index in [1.807, 2.05) is 6.26 Å². The molecule has 1 saturated carbocycles. The van der Waals surface area contributed by atoms with Gasteiger partial charge in [0.25, 0.3) is 0 Å². The van der Waals surface area contributed by atoms with Crippen molar-refractivity contribution in [1.29, 1.82) is 0 Å². The number of hydrogen-bond donors (Lipinski definition) is 1. The van der Waals surface area contributed by atoms with Crippen LogP contribution in [0.15, 0.2) is 18.2 Å². The van der Waals surface area contributed by atoms with Crippen molar-refractivity contribution in [2.75, 3.05) is 6.26 Å². The number of halogens is 1. The minimum absolute atomic E-state index is 0.127. The average Bonchev–Trinajstić information content (AvgIpc) is 3.05. The average molecular weight is 267 g/mol. The van der Waals surface area contributed by atoms with E-state index in [0.717, 1.165) is 23.3 Å². The van der Waals surface area contributed by atoms with E-state index in [4.69, 9.17) is 0 Å². The fraction of sp³-hybridized carbons (Fsp3) is 0.500. The third-order valence-corrected chi connectivity index (χ3v) is 3.97. The second kappa shape index (κ2) is 5.74. The monoisotopic (exact) mass is 267 g/mol. The van der Waals surface area contributed by atoms with Crippen LogP contribution < -0.4 is 5.32 Å². The van der Waals surface area contributed by atoms with Crippen molar-refractivity contribution in [2.24, 2.45) is 11.8 Å². The Balaban J connectivity index is 1.97. The maximum absolute atomic E-state index is 13.2. The minimum atomic E-state index is -0.218. The molecule has 0 unspecified atom stereocenters. The Morgan fingerprint density at radius 2 is 2.22 bits per heavy atom. The SMILES string of the molecule is CSCc1cc(F)ccc1CNC(=O)[C@@H]1C[C@H]1C. The van der Waals surface area contributed by atoms with Gasteiger partial charge in [0.2, 0.25) is 5.91 Å². The van der Waals surface area contributed by atoms with Crippen molar-refractivity contribution >= 4 is 17.7 Å². The van der Waals surface area contributed by atoms with Crippen molar-refractivity contribution in [3.8, 4) is 0 Å². The second-order valence-corrected chi connectivity index (χ2v) is 5.75. The van der Waals surface area contributed by atoms with E-state index >= 15 is 0 Å². The lowest BCUT2D eigenvalue weighted by Gasteiger charge is -2.10. The van der Waals surface area contributed by atoms with Gasteiger partial charge in [-0.2, -0.15) is 11.8 Å². The van der Waals surface area contributed by atoms with E-state index in [2.05, 4.69) is 12.2 Å². The number of thioether (sulfide) groups is 1. The van der Waals surface area contributed by atoms with Crippen LogP contribution >= 0.6 is 11.8 Å². The molecule has 0 aliphatic heterocycles. The maximum atomic E-state index is 13.2. The number of amides is 1. The molecular weight excluding hydrogens is 249 g/mol. The van der Waals surface area contributed by atoms with E-state index < -0.39 is 0 Å². The summed E-state index contributed by atoms with van der Waals surface area (Å²) in [6, 6.07) is 4.76. The van der Waals surface area contributed by atoms with Crippen LogP contribution in [0.4, 0.5) is 4.39 Å². The summed E-state index contributed by atoms with van der Waals surface area (Å²) in [5.74, 6) is 1.38. The van der Waals surface area contributed by atoms with Gasteiger partial charge in [-0.15, -0.1) is 0 Å². The third-order valence-electron chi connectivity index (χ3n) is 3.37. The number of carbonyl (C=O) groups is 1. The summed E-state index contributed by atoms with van der Waals surface area (Å²) in [6.45, 7) is 2.58. The predicted molar refractivity (Wildman–Crippen MR) is 72.7 cm³/mol. The van der Waals surface area contributed by atoms with Crippen LogP contribution in [0.1, 0.15) is 24.5 Å². The molecule has 1 fully saturated rings. The Hall–Kier alpha value is -1.03. The van der Waals surface area contributed by atoms with Gasteiger partial charge in [0.1, 0.15) is 5.82 Å². The molecule has 2 rings (SSSR count). The van der Waals surface area contributed by atoms with Gasteiger partial charge in [-0.1, -0.05) is 13.0 Å². The maximum Gasteiger partial charge on any atom is 0.223 e. The van der Waals surface area contributed by atoms with Gasteiger partial charge in [-0.05, 0) is 41.9 Å². The molecule has 0 spiro atoms. The molecule has 0 heterocycles. The molecule has 1 aromatic rings. The zero-order valence-corrected chi connectivity index (χ0v) is 11.5. The van der Waals surface area contributed by atoms with Gasteiger partial charge in [0.15, 0.2) is 0 Å². The third kappa shape index (κ3) is 3.25. The lowest BCUT2D eigenvalue weighted by Crippen LogP contribution is -2.25. The van der Waals surface area contributed by atoms with Crippen LogP contribution in [0, 0.1) is 17.7 Å². The van der Waals surface area contributed by atoms with Crippen LogP contribution in [0.5, 0.6) is 0 Å². The molecule has 2 atom stereocenters. The molecular formula is C14H18FNOS. The molecule has 18 heavy (non-hydrogen) atoms. The van der Waals surface area contributed by atoms with Crippen molar-refractivity contribution in [2.45, 2.75) is 25.6 Å². The highest BCUT2D eigenvalue weighted by atomic mass is 32.2. The Kier molecular flexibility index (Phi) is 4.27. The van der Waals surface area contributed by atoms with E-state index in [1.54, 1.807) is 23.9 Å². The molecule has 0 bridgehead atoms. The number of carbonyl (C=O) groups excluding carboxylic acids is 1. The summed E-state index contributed by atoms with van der Waals surface area (Å²) in [5, 5.41) is 2.94. The zero-order chi connectivity index (χ0) is 13.1. The molecule has 2 nitrogen and oxygen atoms in total. The molecule has 1 aliphatic rings. The van der Waals surface area contributed by atoms with Crippen LogP contribution in [0.25, 0.3) is 0 Å². The smallest absolute Gasteiger partial charge is 0.223 e. The molecule has 1 aliphatic carbocycles. The Morgan fingerprint density at radius 3 is 2.83 bits per heavy atom. The molecule has 1 amide bonds. The van der Waals surface area contributed by atoms with E-state index in [9.17, 15) is 9.18 Å². The fourth-order valence-corrected chi connectivity index (χ4v) is 2.64. The summed E-state index contributed by atoms with van der Waals surface area (Å²) in [7, 11) is 0. The van der Waals surface area contributed by atoms with Crippen molar-refractivity contribution in [3.63, 3.8) is 0 Å². The van der Waals surface area contributed by atoms with Gasteiger partial charge in [-0.25, -0.2) is 4.39 Å². The molecule has 1 N–H and O–H groups in total. The normalized spacial score (nSPS) is 21.7. The zero-order valence-electron chi connectivity index (χ0n) is 10.7. The highest BCUT2D eigenvalue weighted by Gasteiger charge is 2.38. The molecule has 0 aromatic heterocycles. The van der Waals surface area contributed by atoms with Crippen LogP contribution in [-0.2, 0) is 17.1 Å². The first-order valence-electron chi connectivity index (χ1n) is 6.15. The Labute approximate surface area is 111 Å². The lowest BCUT2D eigenvalue weighted by atomic mass is 10.1. The number of rotatable bonds is 5. The van der Waals surface area contributed by atoms with E-state index in [1.165, 1.54) is 6.07 Å².